The molecule has 104 valence electrons. The molecule has 0 aliphatic carbocycles. The average Bonchev–Trinajstić information content (AvgIpc) is 2.47. The van der Waals surface area contributed by atoms with Gasteiger partial charge in [-0.2, -0.15) is 0 Å². The van der Waals surface area contributed by atoms with E-state index in [1.165, 1.54) is 0 Å². The summed E-state index contributed by atoms with van der Waals surface area (Å²) < 4.78 is 0. The van der Waals surface area contributed by atoms with Crippen molar-refractivity contribution in [3.63, 3.8) is 0 Å². The zero-order valence-corrected chi connectivity index (χ0v) is 11.4. The second-order valence-corrected chi connectivity index (χ2v) is 4.58. The summed E-state index contributed by atoms with van der Waals surface area (Å²) in [6.45, 7) is 0.507. The largest absolute Gasteiger partial charge is 0.508 e. The van der Waals surface area contributed by atoms with Gasteiger partial charge in [0.05, 0.1) is 0 Å². The molecule has 2 aromatic carbocycles. The number of carbonyl (C=O) groups excluding carboxylic acids is 1. The highest BCUT2D eigenvalue weighted by atomic mass is 16.3. The fourth-order valence-corrected chi connectivity index (χ4v) is 2.08. The molecule has 1 amide bonds. The lowest BCUT2D eigenvalue weighted by molar-refractivity contribution is 0.0992. The number of phenols is 1. The normalized spacial score (nSPS) is 10.3. The van der Waals surface area contributed by atoms with Crippen LogP contribution in [0.4, 0.5) is 5.69 Å². The highest BCUT2D eigenvalue weighted by molar-refractivity contribution is 6.06. The van der Waals surface area contributed by atoms with E-state index in [4.69, 9.17) is 5.73 Å². The van der Waals surface area contributed by atoms with Gasteiger partial charge >= 0.3 is 0 Å². The van der Waals surface area contributed by atoms with Crippen molar-refractivity contribution in [3.05, 3.63) is 59.7 Å². The summed E-state index contributed by atoms with van der Waals surface area (Å²) >= 11 is 0. The molecule has 0 fully saturated rings. The molecule has 0 saturated heterocycles. The van der Waals surface area contributed by atoms with Crippen LogP contribution >= 0.6 is 0 Å². The second kappa shape index (κ2) is 6.21. The first-order valence-corrected chi connectivity index (χ1v) is 6.48. The monoisotopic (exact) mass is 270 g/mol. The summed E-state index contributed by atoms with van der Waals surface area (Å²) in [5, 5.41) is 9.29. The van der Waals surface area contributed by atoms with E-state index in [-0.39, 0.29) is 11.7 Å². The quantitative estimate of drug-likeness (QED) is 0.894. The van der Waals surface area contributed by atoms with E-state index in [1.54, 1.807) is 36.2 Å². The summed E-state index contributed by atoms with van der Waals surface area (Å²) in [6.07, 6.45) is 0.672. The number of aromatic hydroxyl groups is 1. The van der Waals surface area contributed by atoms with Crippen LogP contribution in [0.25, 0.3) is 0 Å². The Kier molecular flexibility index (Phi) is 4.38. The maximum atomic E-state index is 12.5. The lowest BCUT2D eigenvalue weighted by Gasteiger charge is -2.19. The summed E-state index contributed by atoms with van der Waals surface area (Å²) in [6, 6.07) is 14.0. The molecule has 0 bridgehead atoms. The number of nitrogens with zero attached hydrogens (tertiary/aromatic N) is 1. The van der Waals surface area contributed by atoms with Gasteiger partial charge in [0.15, 0.2) is 0 Å². The third-order valence-electron chi connectivity index (χ3n) is 3.20. The van der Waals surface area contributed by atoms with Crippen molar-refractivity contribution >= 4 is 11.6 Å². The summed E-state index contributed by atoms with van der Waals surface area (Å²) in [5.74, 6) is 0.0953. The predicted molar refractivity (Wildman–Crippen MR) is 80.0 cm³/mol. The number of phenolic OH excluding ortho intramolecular Hbond substituents is 1. The molecule has 4 nitrogen and oxygen atoms in total. The highest BCUT2D eigenvalue weighted by Gasteiger charge is 2.16. The minimum absolute atomic E-state index is 0.0836. The zero-order chi connectivity index (χ0) is 14.5. The van der Waals surface area contributed by atoms with Gasteiger partial charge in [-0.15, -0.1) is 0 Å². The molecule has 20 heavy (non-hydrogen) atoms. The summed E-state index contributed by atoms with van der Waals surface area (Å²) in [4.78, 5) is 14.1. The summed E-state index contributed by atoms with van der Waals surface area (Å²) in [5.41, 5.74) is 7.92. The molecule has 0 aliphatic rings. The number of hydrogen-bond donors (Lipinski definition) is 2. The smallest absolute Gasteiger partial charge is 0.258 e. The predicted octanol–water partition coefficient (Wildman–Crippen LogP) is 2.17. The number of amides is 1. The Bertz CT molecular complexity index is 594. The fraction of sp³-hybridized carbons (Fsp3) is 0.188. The van der Waals surface area contributed by atoms with Crippen molar-refractivity contribution in [2.24, 2.45) is 5.73 Å². The van der Waals surface area contributed by atoms with Crippen LogP contribution in [0.15, 0.2) is 48.5 Å². The Labute approximate surface area is 118 Å². The van der Waals surface area contributed by atoms with Gasteiger partial charge in [0.25, 0.3) is 5.91 Å². The van der Waals surface area contributed by atoms with Crippen LogP contribution in [0.2, 0.25) is 0 Å². The molecule has 2 rings (SSSR count). The Hall–Kier alpha value is -2.33. The maximum absolute atomic E-state index is 12.5. The third kappa shape index (κ3) is 2.97. The van der Waals surface area contributed by atoms with Gasteiger partial charge in [0, 0.05) is 18.3 Å². The number of hydrogen-bond acceptors (Lipinski definition) is 3. The van der Waals surface area contributed by atoms with Crippen molar-refractivity contribution in [2.75, 3.05) is 18.5 Å². The van der Waals surface area contributed by atoms with E-state index in [9.17, 15) is 9.90 Å². The van der Waals surface area contributed by atoms with Crippen molar-refractivity contribution in [3.8, 4) is 5.75 Å². The Balaban J connectivity index is 2.29. The Morgan fingerprint density at radius 2 is 1.80 bits per heavy atom. The molecule has 0 radical (unpaired) electrons. The standard InChI is InChI=1S/C16H18N2O2/c1-18(13-6-8-14(19)9-7-13)16(20)15-5-3-2-4-12(15)10-11-17/h2-9,19H,10-11,17H2,1H3. The van der Waals surface area contributed by atoms with Crippen LogP contribution in [-0.2, 0) is 6.42 Å². The van der Waals surface area contributed by atoms with Crippen LogP contribution in [0.5, 0.6) is 5.75 Å². The van der Waals surface area contributed by atoms with Crippen molar-refractivity contribution in [2.45, 2.75) is 6.42 Å². The SMILES string of the molecule is CN(C(=O)c1ccccc1CCN)c1ccc(O)cc1. The van der Waals surface area contributed by atoms with Gasteiger partial charge < -0.3 is 15.7 Å². The minimum atomic E-state index is -0.0836. The van der Waals surface area contributed by atoms with Gasteiger partial charge in [-0.3, -0.25) is 4.79 Å². The second-order valence-electron chi connectivity index (χ2n) is 4.58. The first-order chi connectivity index (χ1) is 9.63. The molecule has 4 heteroatoms. The highest BCUT2D eigenvalue weighted by Crippen LogP contribution is 2.20. The van der Waals surface area contributed by atoms with Crippen LogP contribution in [-0.4, -0.2) is 24.6 Å². The van der Waals surface area contributed by atoms with E-state index < -0.39 is 0 Å². The molecule has 0 spiro atoms. The topological polar surface area (TPSA) is 66.6 Å². The molecular formula is C16H18N2O2. The van der Waals surface area contributed by atoms with Crippen molar-refractivity contribution < 1.29 is 9.90 Å². The fourth-order valence-electron chi connectivity index (χ4n) is 2.08. The van der Waals surface area contributed by atoms with Crippen LogP contribution in [0.3, 0.4) is 0 Å². The molecule has 0 aliphatic heterocycles. The van der Waals surface area contributed by atoms with Crippen LogP contribution in [0.1, 0.15) is 15.9 Å². The molecule has 2 aromatic rings. The van der Waals surface area contributed by atoms with Crippen LogP contribution in [0, 0.1) is 0 Å². The first-order valence-electron chi connectivity index (χ1n) is 6.48. The van der Waals surface area contributed by atoms with E-state index >= 15 is 0 Å². The molecule has 0 heterocycles. The molecule has 3 N–H and O–H groups in total. The zero-order valence-electron chi connectivity index (χ0n) is 11.4. The number of nitrogens with two attached hydrogens (primary N) is 1. The molecular weight excluding hydrogens is 252 g/mol. The summed E-state index contributed by atoms with van der Waals surface area (Å²) in [7, 11) is 1.72. The molecule has 0 saturated carbocycles. The average molecular weight is 270 g/mol. The van der Waals surface area contributed by atoms with Gasteiger partial charge in [-0.1, -0.05) is 18.2 Å². The number of rotatable bonds is 4. The lowest BCUT2D eigenvalue weighted by Crippen LogP contribution is -2.27. The van der Waals surface area contributed by atoms with Crippen LogP contribution < -0.4 is 10.6 Å². The third-order valence-corrected chi connectivity index (χ3v) is 3.20. The van der Waals surface area contributed by atoms with E-state index in [0.717, 1.165) is 11.3 Å². The Morgan fingerprint density at radius 3 is 2.45 bits per heavy atom. The van der Waals surface area contributed by atoms with E-state index in [0.29, 0.717) is 18.5 Å². The molecule has 0 atom stereocenters. The van der Waals surface area contributed by atoms with Gasteiger partial charge in [-0.05, 0) is 48.9 Å². The molecule has 0 unspecified atom stereocenters. The first kappa shape index (κ1) is 14.1. The van der Waals surface area contributed by atoms with E-state index in [1.807, 2.05) is 24.3 Å². The van der Waals surface area contributed by atoms with Crippen molar-refractivity contribution in [1.82, 2.24) is 0 Å². The van der Waals surface area contributed by atoms with Gasteiger partial charge in [0.1, 0.15) is 5.75 Å². The van der Waals surface area contributed by atoms with Gasteiger partial charge in [0.2, 0.25) is 0 Å². The number of carbonyl (C=O) groups is 1. The van der Waals surface area contributed by atoms with Gasteiger partial charge in [-0.25, -0.2) is 0 Å². The Morgan fingerprint density at radius 1 is 1.15 bits per heavy atom. The minimum Gasteiger partial charge on any atom is -0.508 e. The maximum Gasteiger partial charge on any atom is 0.258 e. The lowest BCUT2D eigenvalue weighted by atomic mass is 10.0. The number of benzene rings is 2. The molecule has 0 aromatic heterocycles. The van der Waals surface area contributed by atoms with E-state index in [2.05, 4.69) is 0 Å². The van der Waals surface area contributed by atoms with Crippen molar-refractivity contribution in [1.29, 1.82) is 0 Å². The number of anilines is 1.